The number of hydrogen-bond acceptors (Lipinski definition) is 4. The van der Waals surface area contributed by atoms with Crippen molar-refractivity contribution in [3.63, 3.8) is 0 Å². The van der Waals surface area contributed by atoms with Crippen LogP contribution in [0, 0.1) is 5.92 Å². The Morgan fingerprint density at radius 3 is 2.35 bits per heavy atom. The zero-order chi connectivity index (χ0) is 12.4. The first-order chi connectivity index (χ1) is 8.11. The standard InChI is InChI=1S/C13H19NO3/c1-8-10(14)13(12(16)11(8)15)17-7-9-5-3-2-4-6-9/h2-6,8,10-13,15-16H,7,14H2,1H3/t8-,10+,11-,12-,13-/m1/s1. The van der Waals surface area contributed by atoms with Gasteiger partial charge in [0.05, 0.1) is 12.7 Å². The predicted molar refractivity (Wildman–Crippen MR) is 64.2 cm³/mol. The number of ether oxygens (including phenoxy) is 1. The fraction of sp³-hybridized carbons (Fsp3) is 0.538. The van der Waals surface area contributed by atoms with E-state index < -0.39 is 18.3 Å². The molecule has 0 aliphatic heterocycles. The van der Waals surface area contributed by atoms with Gasteiger partial charge >= 0.3 is 0 Å². The van der Waals surface area contributed by atoms with Gasteiger partial charge in [0.1, 0.15) is 12.2 Å². The van der Waals surface area contributed by atoms with Gasteiger partial charge in [0, 0.05) is 12.0 Å². The van der Waals surface area contributed by atoms with Crippen LogP contribution in [0.1, 0.15) is 12.5 Å². The quantitative estimate of drug-likeness (QED) is 0.705. The van der Waals surface area contributed by atoms with Crippen molar-refractivity contribution in [1.29, 1.82) is 0 Å². The third-order valence-electron chi connectivity index (χ3n) is 3.50. The summed E-state index contributed by atoms with van der Waals surface area (Å²) in [5, 5.41) is 19.5. The molecule has 4 N–H and O–H groups in total. The highest BCUT2D eigenvalue weighted by atomic mass is 16.5. The fourth-order valence-corrected chi connectivity index (χ4v) is 2.24. The molecule has 4 nitrogen and oxygen atoms in total. The molecule has 1 aromatic carbocycles. The van der Waals surface area contributed by atoms with Crippen LogP contribution in [0.15, 0.2) is 30.3 Å². The summed E-state index contributed by atoms with van der Waals surface area (Å²) in [5.74, 6) is -0.147. The van der Waals surface area contributed by atoms with Crippen molar-refractivity contribution in [1.82, 2.24) is 0 Å². The minimum absolute atomic E-state index is 0.147. The Labute approximate surface area is 101 Å². The van der Waals surface area contributed by atoms with E-state index >= 15 is 0 Å². The molecule has 0 saturated heterocycles. The lowest BCUT2D eigenvalue weighted by molar-refractivity contribution is -0.0651. The summed E-state index contributed by atoms with van der Waals surface area (Å²) >= 11 is 0. The Morgan fingerprint density at radius 1 is 1.18 bits per heavy atom. The van der Waals surface area contributed by atoms with Gasteiger partial charge < -0.3 is 20.7 Å². The number of hydrogen-bond donors (Lipinski definition) is 3. The van der Waals surface area contributed by atoms with Crippen LogP contribution in [0.2, 0.25) is 0 Å². The number of rotatable bonds is 3. The smallest absolute Gasteiger partial charge is 0.108 e. The van der Waals surface area contributed by atoms with Gasteiger partial charge in [-0.15, -0.1) is 0 Å². The molecule has 2 rings (SSSR count). The van der Waals surface area contributed by atoms with Crippen molar-refractivity contribution in [3.8, 4) is 0 Å². The Hall–Kier alpha value is -0.940. The van der Waals surface area contributed by atoms with Crippen LogP contribution in [0.4, 0.5) is 0 Å². The lowest BCUT2D eigenvalue weighted by Gasteiger charge is -2.20. The van der Waals surface area contributed by atoms with Crippen molar-refractivity contribution in [2.75, 3.05) is 0 Å². The third kappa shape index (κ3) is 2.50. The molecule has 1 aliphatic carbocycles. The van der Waals surface area contributed by atoms with E-state index in [1.165, 1.54) is 0 Å². The molecular weight excluding hydrogens is 218 g/mol. The molecular formula is C13H19NO3. The van der Waals surface area contributed by atoms with Crippen molar-refractivity contribution >= 4 is 0 Å². The zero-order valence-corrected chi connectivity index (χ0v) is 9.86. The van der Waals surface area contributed by atoms with Crippen LogP contribution >= 0.6 is 0 Å². The summed E-state index contributed by atoms with van der Waals surface area (Å²) in [7, 11) is 0. The maximum atomic E-state index is 9.82. The molecule has 0 radical (unpaired) electrons. The number of nitrogens with two attached hydrogens (primary N) is 1. The fourth-order valence-electron chi connectivity index (χ4n) is 2.24. The molecule has 1 saturated carbocycles. The third-order valence-corrected chi connectivity index (χ3v) is 3.50. The van der Waals surface area contributed by atoms with E-state index in [9.17, 15) is 10.2 Å². The molecule has 5 atom stereocenters. The Morgan fingerprint density at radius 2 is 1.82 bits per heavy atom. The van der Waals surface area contributed by atoms with Gasteiger partial charge in [0.15, 0.2) is 0 Å². The largest absolute Gasteiger partial charge is 0.390 e. The van der Waals surface area contributed by atoms with Gasteiger partial charge in [-0.05, 0) is 5.56 Å². The topological polar surface area (TPSA) is 75.7 Å². The number of aliphatic hydroxyl groups is 2. The predicted octanol–water partition coefficient (Wildman–Crippen LogP) is 0.271. The van der Waals surface area contributed by atoms with Crippen LogP contribution in [0.25, 0.3) is 0 Å². The lowest BCUT2D eigenvalue weighted by atomic mass is 10.1. The van der Waals surface area contributed by atoms with Crippen LogP contribution in [-0.2, 0) is 11.3 Å². The Bertz CT molecular complexity index is 343. The van der Waals surface area contributed by atoms with E-state index in [2.05, 4.69) is 0 Å². The van der Waals surface area contributed by atoms with Crippen molar-refractivity contribution < 1.29 is 14.9 Å². The van der Waals surface area contributed by atoms with E-state index in [0.717, 1.165) is 5.56 Å². The summed E-state index contributed by atoms with van der Waals surface area (Å²) in [6.07, 6.45) is -2.20. The average Bonchev–Trinajstić information content (AvgIpc) is 2.54. The van der Waals surface area contributed by atoms with Gasteiger partial charge in [-0.2, -0.15) is 0 Å². The molecule has 17 heavy (non-hydrogen) atoms. The minimum Gasteiger partial charge on any atom is -0.390 e. The average molecular weight is 237 g/mol. The molecule has 0 heterocycles. The molecule has 1 aromatic rings. The molecule has 1 aliphatic rings. The van der Waals surface area contributed by atoms with E-state index in [1.807, 2.05) is 37.3 Å². The van der Waals surface area contributed by atoms with Crippen LogP contribution < -0.4 is 5.73 Å². The lowest BCUT2D eigenvalue weighted by Crippen LogP contribution is -2.40. The molecule has 4 heteroatoms. The van der Waals surface area contributed by atoms with E-state index in [1.54, 1.807) is 0 Å². The first kappa shape index (κ1) is 12.5. The zero-order valence-electron chi connectivity index (χ0n) is 9.86. The second-order valence-corrected chi connectivity index (χ2v) is 4.68. The number of aliphatic hydroxyl groups excluding tert-OH is 2. The first-order valence-corrected chi connectivity index (χ1v) is 5.88. The maximum Gasteiger partial charge on any atom is 0.108 e. The van der Waals surface area contributed by atoms with Gasteiger partial charge in [-0.3, -0.25) is 0 Å². The number of benzene rings is 1. The Balaban J connectivity index is 1.96. The SMILES string of the molecule is C[C@@H]1[C@H](N)[C@@H](OCc2ccccc2)[C@H](O)[C@@H]1O. The highest BCUT2D eigenvalue weighted by molar-refractivity contribution is 5.13. The van der Waals surface area contributed by atoms with Crippen LogP contribution in [0.5, 0.6) is 0 Å². The molecule has 0 spiro atoms. The summed E-state index contributed by atoms with van der Waals surface area (Å²) in [6, 6.07) is 9.37. The molecule has 0 bridgehead atoms. The molecule has 0 aromatic heterocycles. The highest BCUT2D eigenvalue weighted by Crippen LogP contribution is 2.28. The van der Waals surface area contributed by atoms with E-state index in [0.29, 0.717) is 6.61 Å². The normalized spacial score (nSPS) is 37.3. The summed E-state index contributed by atoms with van der Waals surface area (Å²) < 4.78 is 5.62. The summed E-state index contributed by atoms with van der Waals surface area (Å²) in [6.45, 7) is 2.22. The summed E-state index contributed by atoms with van der Waals surface area (Å²) in [4.78, 5) is 0. The summed E-state index contributed by atoms with van der Waals surface area (Å²) in [5.41, 5.74) is 6.95. The van der Waals surface area contributed by atoms with E-state index in [-0.39, 0.29) is 12.0 Å². The van der Waals surface area contributed by atoms with Gasteiger partial charge in [-0.1, -0.05) is 37.3 Å². The van der Waals surface area contributed by atoms with Crippen molar-refractivity contribution in [2.24, 2.45) is 11.7 Å². The van der Waals surface area contributed by atoms with Gasteiger partial charge in [0.2, 0.25) is 0 Å². The molecule has 1 fully saturated rings. The van der Waals surface area contributed by atoms with Gasteiger partial charge in [0.25, 0.3) is 0 Å². The minimum atomic E-state index is -0.899. The second kappa shape index (κ2) is 5.14. The Kier molecular flexibility index (Phi) is 3.79. The van der Waals surface area contributed by atoms with Crippen molar-refractivity contribution in [2.45, 2.75) is 37.9 Å². The molecule has 0 amide bonds. The first-order valence-electron chi connectivity index (χ1n) is 5.88. The van der Waals surface area contributed by atoms with Crippen molar-refractivity contribution in [3.05, 3.63) is 35.9 Å². The van der Waals surface area contributed by atoms with E-state index in [4.69, 9.17) is 10.5 Å². The van der Waals surface area contributed by atoms with Gasteiger partial charge in [-0.25, -0.2) is 0 Å². The monoisotopic (exact) mass is 237 g/mol. The second-order valence-electron chi connectivity index (χ2n) is 4.68. The van der Waals surface area contributed by atoms with Crippen LogP contribution in [0.3, 0.4) is 0 Å². The highest BCUT2D eigenvalue weighted by Gasteiger charge is 2.46. The molecule has 0 unspecified atom stereocenters. The molecule has 94 valence electrons. The van der Waals surface area contributed by atoms with Crippen LogP contribution in [-0.4, -0.2) is 34.6 Å². The maximum absolute atomic E-state index is 9.82.